The van der Waals surface area contributed by atoms with E-state index in [1.807, 2.05) is 18.2 Å². The summed E-state index contributed by atoms with van der Waals surface area (Å²) in [4.78, 5) is 0. The smallest absolute Gasteiger partial charge is 0.121 e. The Morgan fingerprint density at radius 3 is 2.65 bits per heavy atom. The Morgan fingerprint density at radius 2 is 2.00 bits per heavy atom. The van der Waals surface area contributed by atoms with Gasteiger partial charge >= 0.3 is 0 Å². The molecule has 0 aromatic heterocycles. The Balaban J connectivity index is 2.27. The van der Waals surface area contributed by atoms with E-state index >= 15 is 0 Å². The zero-order chi connectivity index (χ0) is 12.5. The molecule has 17 heavy (non-hydrogen) atoms. The predicted octanol–water partition coefficient (Wildman–Crippen LogP) is 2.24. The van der Waals surface area contributed by atoms with Crippen molar-refractivity contribution >= 4 is 11.4 Å². The van der Waals surface area contributed by atoms with Crippen molar-refractivity contribution in [3.8, 4) is 5.75 Å². The van der Waals surface area contributed by atoms with Gasteiger partial charge in [0.2, 0.25) is 0 Å². The van der Waals surface area contributed by atoms with Crippen molar-refractivity contribution in [2.24, 2.45) is 0 Å². The Morgan fingerprint density at radius 1 is 1.24 bits per heavy atom. The molecule has 0 aliphatic rings. The second kappa shape index (κ2) is 7.79. The van der Waals surface area contributed by atoms with E-state index in [9.17, 15) is 0 Å². The van der Waals surface area contributed by atoms with Crippen LogP contribution >= 0.6 is 0 Å². The van der Waals surface area contributed by atoms with Crippen molar-refractivity contribution < 1.29 is 9.84 Å². The summed E-state index contributed by atoms with van der Waals surface area (Å²) in [5.41, 5.74) is 7.54. The summed E-state index contributed by atoms with van der Waals surface area (Å²) in [5.74, 6) is 0.774. The van der Waals surface area contributed by atoms with Gasteiger partial charge in [0.1, 0.15) is 5.75 Å². The SMILES string of the molecule is COc1ccc(NCCCCCCO)c(N)c1. The lowest BCUT2D eigenvalue weighted by molar-refractivity contribution is 0.283. The van der Waals surface area contributed by atoms with Crippen molar-refractivity contribution in [3.63, 3.8) is 0 Å². The summed E-state index contributed by atoms with van der Waals surface area (Å²) >= 11 is 0. The zero-order valence-corrected chi connectivity index (χ0v) is 10.4. The van der Waals surface area contributed by atoms with E-state index in [4.69, 9.17) is 15.6 Å². The highest BCUT2D eigenvalue weighted by molar-refractivity contribution is 5.68. The van der Waals surface area contributed by atoms with Crippen LogP contribution in [0.1, 0.15) is 25.7 Å². The van der Waals surface area contributed by atoms with Crippen molar-refractivity contribution in [1.29, 1.82) is 0 Å². The third-order valence-corrected chi connectivity index (χ3v) is 2.66. The molecular formula is C13H22N2O2. The van der Waals surface area contributed by atoms with Crippen molar-refractivity contribution in [2.45, 2.75) is 25.7 Å². The molecule has 96 valence electrons. The number of unbranched alkanes of at least 4 members (excludes halogenated alkanes) is 3. The van der Waals surface area contributed by atoms with Gasteiger partial charge in [-0.05, 0) is 25.0 Å². The maximum Gasteiger partial charge on any atom is 0.121 e. The number of anilines is 2. The van der Waals surface area contributed by atoms with Crippen LogP contribution in [0.4, 0.5) is 11.4 Å². The molecule has 4 N–H and O–H groups in total. The number of aliphatic hydroxyl groups is 1. The van der Waals surface area contributed by atoms with Crippen LogP contribution in [0.15, 0.2) is 18.2 Å². The van der Waals surface area contributed by atoms with Crippen LogP contribution in [0.25, 0.3) is 0 Å². The number of nitrogen functional groups attached to an aromatic ring is 1. The highest BCUT2D eigenvalue weighted by atomic mass is 16.5. The third-order valence-electron chi connectivity index (χ3n) is 2.66. The molecule has 0 atom stereocenters. The number of rotatable bonds is 8. The number of benzene rings is 1. The van der Waals surface area contributed by atoms with Gasteiger partial charge in [-0.15, -0.1) is 0 Å². The fourth-order valence-electron chi connectivity index (χ4n) is 1.64. The fraction of sp³-hybridized carbons (Fsp3) is 0.538. The van der Waals surface area contributed by atoms with Crippen LogP contribution in [0.5, 0.6) is 5.75 Å². The van der Waals surface area contributed by atoms with Crippen molar-refractivity contribution in [3.05, 3.63) is 18.2 Å². The van der Waals surface area contributed by atoms with E-state index < -0.39 is 0 Å². The number of ether oxygens (including phenoxy) is 1. The normalized spacial score (nSPS) is 10.2. The van der Waals surface area contributed by atoms with E-state index in [-0.39, 0.29) is 0 Å². The van der Waals surface area contributed by atoms with Gasteiger partial charge in [0.15, 0.2) is 0 Å². The van der Waals surface area contributed by atoms with E-state index in [0.717, 1.165) is 43.7 Å². The van der Waals surface area contributed by atoms with Gasteiger partial charge in [-0.3, -0.25) is 0 Å². The van der Waals surface area contributed by atoms with E-state index in [2.05, 4.69) is 5.32 Å². The molecular weight excluding hydrogens is 216 g/mol. The van der Waals surface area contributed by atoms with Gasteiger partial charge < -0.3 is 20.9 Å². The molecule has 0 heterocycles. The maximum atomic E-state index is 8.64. The first kappa shape index (κ1) is 13.6. The molecule has 0 aliphatic heterocycles. The monoisotopic (exact) mass is 238 g/mol. The van der Waals surface area contributed by atoms with Crippen LogP contribution in [0.3, 0.4) is 0 Å². The Labute approximate surface area is 103 Å². The topological polar surface area (TPSA) is 67.5 Å². The molecule has 0 spiro atoms. The van der Waals surface area contributed by atoms with Crippen molar-refractivity contribution in [2.75, 3.05) is 31.3 Å². The first-order chi connectivity index (χ1) is 8.27. The van der Waals surface area contributed by atoms with E-state index in [0.29, 0.717) is 12.3 Å². The molecule has 4 nitrogen and oxygen atoms in total. The quantitative estimate of drug-likeness (QED) is 0.480. The molecule has 0 aliphatic carbocycles. The summed E-state index contributed by atoms with van der Waals surface area (Å²) in [5, 5.41) is 11.9. The second-order valence-corrected chi connectivity index (χ2v) is 4.02. The minimum atomic E-state index is 0.291. The van der Waals surface area contributed by atoms with E-state index in [1.54, 1.807) is 7.11 Å². The number of nitrogens with one attached hydrogen (secondary N) is 1. The van der Waals surface area contributed by atoms with Crippen LogP contribution in [0.2, 0.25) is 0 Å². The molecule has 1 rings (SSSR count). The minimum Gasteiger partial charge on any atom is -0.497 e. The fourth-order valence-corrected chi connectivity index (χ4v) is 1.64. The van der Waals surface area contributed by atoms with Crippen LogP contribution in [-0.2, 0) is 0 Å². The Hall–Kier alpha value is -1.42. The van der Waals surface area contributed by atoms with Gasteiger partial charge in [0.25, 0.3) is 0 Å². The molecule has 0 amide bonds. The first-order valence-electron chi connectivity index (χ1n) is 6.06. The number of hydrogen-bond acceptors (Lipinski definition) is 4. The molecule has 0 bridgehead atoms. The Bertz CT molecular complexity index is 329. The summed E-state index contributed by atoms with van der Waals surface area (Å²) in [6.07, 6.45) is 4.19. The predicted molar refractivity (Wildman–Crippen MR) is 71.4 cm³/mol. The minimum absolute atomic E-state index is 0.291. The highest BCUT2D eigenvalue weighted by Gasteiger charge is 2.00. The lowest BCUT2D eigenvalue weighted by Gasteiger charge is -2.10. The maximum absolute atomic E-state index is 8.64. The van der Waals surface area contributed by atoms with E-state index in [1.165, 1.54) is 0 Å². The van der Waals surface area contributed by atoms with Crippen LogP contribution < -0.4 is 15.8 Å². The molecule has 0 radical (unpaired) electrons. The van der Waals surface area contributed by atoms with Gasteiger partial charge in [0.05, 0.1) is 18.5 Å². The first-order valence-corrected chi connectivity index (χ1v) is 6.06. The molecule has 0 fully saturated rings. The highest BCUT2D eigenvalue weighted by Crippen LogP contribution is 2.23. The zero-order valence-electron chi connectivity index (χ0n) is 10.4. The lowest BCUT2D eigenvalue weighted by atomic mass is 10.2. The molecule has 4 heteroatoms. The molecule has 0 saturated heterocycles. The van der Waals surface area contributed by atoms with Crippen molar-refractivity contribution in [1.82, 2.24) is 0 Å². The van der Waals surface area contributed by atoms with Crippen LogP contribution in [0, 0.1) is 0 Å². The van der Waals surface area contributed by atoms with Gasteiger partial charge in [-0.25, -0.2) is 0 Å². The molecule has 1 aromatic rings. The van der Waals surface area contributed by atoms with Gasteiger partial charge in [-0.1, -0.05) is 12.8 Å². The number of nitrogens with two attached hydrogens (primary N) is 1. The molecule has 1 aromatic carbocycles. The number of aliphatic hydroxyl groups excluding tert-OH is 1. The van der Waals surface area contributed by atoms with Gasteiger partial charge in [0, 0.05) is 19.2 Å². The average molecular weight is 238 g/mol. The largest absolute Gasteiger partial charge is 0.497 e. The summed E-state index contributed by atoms with van der Waals surface area (Å²) in [6.45, 7) is 1.20. The van der Waals surface area contributed by atoms with Gasteiger partial charge in [-0.2, -0.15) is 0 Å². The number of hydrogen-bond donors (Lipinski definition) is 3. The summed E-state index contributed by atoms with van der Waals surface area (Å²) < 4.78 is 5.09. The summed E-state index contributed by atoms with van der Waals surface area (Å²) in [7, 11) is 1.63. The molecule has 0 unspecified atom stereocenters. The second-order valence-electron chi connectivity index (χ2n) is 4.02. The Kier molecular flexibility index (Phi) is 6.25. The summed E-state index contributed by atoms with van der Waals surface area (Å²) in [6, 6.07) is 5.64. The van der Waals surface area contributed by atoms with Crippen LogP contribution in [-0.4, -0.2) is 25.4 Å². The third kappa shape index (κ3) is 4.95. The standard InChI is InChI=1S/C13H22N2O2/c1-17-11-6-7-13(12(14)10-11)15-8-4-2-3-5-9-16/h6-7,10,15-16H,2-5,8-9,14H2,1H3. The average Bonchev–Trinajstić information content (AvgIpc) is 2.35. The molecule has 0 saturated carbocycles. The number of methoxy groups -OCH3 is 1. The lowest BCUT2D eigenvalue weighted by Crippen LogP contribution is -2.04.